The maximum atomic E-state index is 5.30. The van der Waals surface area contributed by atoms with Crippen LogP contribution in [0.15, 0.2) is 18.2 Å². The van der Waals surface area contributed by atoms with Crippen molar-refractivity contribution < 1.29 is 9.47 Å². The van der Waals surface area contributed by atoms with Crippen molar-refractivity contribution in [2.24, 2.45) is 0 Å². The van der Waals surface area contributed by atoms with E-state index in [1.165, 1.54) is 18.4 Å². The summed E-state index contributed by atoms with van der Waals surface area (Å²) in [5, 5.41) is 3.57. The van der Waals surface area contributed by atoms with Crippen LogP contribution >= 0.6 is 0 Å². The Hall–Kier alpha value is -1.22. The van der Waals surface area contributed by atoms with Gasteiger partial charge in [0.15, 0.2) is 11.5 Å². The van der Waals surface area contributed by atoms with Gasteiger partial charge < -0.3 is 14.8 Å². The van der Waals surface area contributed by atoms with Crippen LogP contribution in [-0.4, -0.2) is 19.8 Å². The van der Waals surface area contributed by atoms with Crippen LogP contribution < -0.4 is 14.8 Å². The number of hydrogen-bond acceptors (Lipinski definition) is 3. The van der Waals surface area contributed by atoms with Crippen molar-refractivity contribution in [3.05, 3.63) is 23.8 Å². The van der Waals surface area contributed by atoms with Crippen molar-refractivity contribution in [3.8, 4) is 11.5 Å². The second-order valence-electron chi connectivity index (χ2n) is 5.18. The minimum atomic E-state index is 0.169. The molecule has 3 nitrogen and oxygen atoms in total. The number of methoxy groups -OCH3 is 2. The summed E-state index contributed by atoms with van der Waals surface area (Å²) in [6, 6.07) is 6.03. The summed E-state index contributed by atoms with van der Waals surface area (Å²) >= 11 is 0. The van der Waals surface area contributed by atoms with Gasteiger partial charge >= 0.3 is 0 Å². The fourth-order valence-electron chi connectivity index (χ4n) is 2.05. The van der Waals surface area contributed by atoms with E-state index in [0.717, 1.165) is 18.0 Å². The van der Waals surface area contributed by atoms with Crippen LogP contribution in [0.3, 0.4) is 0 Å². The fourth-order valence-corrected chi connectivity index (χ4v) is 2.05. The van der Waals surface area contributed by atoms with Gasteiger partial charge in [0.1, 0.15) is 0 Å². The van der Waals surface area contributed by atoms with E-state index in [9.17, 15) is 0 Å². The topological polar surface area (TPSA) is 30.5 Å². The van der Waals surface area contributed by atoms with E-state index < -0.39 is 0 Å². The molecule has 1 N–H and O–H groups in total. The summed E-state index contributed by atoms with van der Waals surface area (Å²) in [4.78, 5) is 0. The third-order valence-electron chi connectivity index (χ3n) is 3.09. The van der Waals surface area contributed by atoms with E-state index in [4.69, 9.17) is 9.47 Å². The molecule has 0 radical (unpaired) electrons. The molecule has 1 rings (SSSR count). The summed E-state index contributed by atoms with van der Waals surface area (Å²) in [6.45, 7) is 7.52. The lowest BCUT2D eigenvalue weighted by molar-refractivity contribution is 0.348. The van der Waals surface area contributed by atoms with Crippen molar-refractivity contribution in [2.45, 2.75) is 45.7 Å². The first-order valence-corrected chi connectivity index (χ1v) is 6.48. The van der Waals surface area contributed by atoms with E-state index in [-0.39, 0.29) is 5.54 Å². The van der Waals surface area contributed by atoms with E-state index in [0.29, 0.717) is 0 Å². The van der Waals surface area contributed by atoms with Gasteiger partial charge in [-0.25, -0.2) is 0 Å². The maximum absolute atomic E-state index is 5.30. The molecule has 102 valence electrons. The molecule has 0 atom stereocenters. The maximum Gasteiger partial charge on any atom is 0.161 e. The highest BCUT2D eigenvalue weighted by molar-refractivity contribution is 5.42. The van der Waals surface area contributed by atoms with Crippen LogP contribution in [0.25, 0.3) is 0 Å². The predicted molar refractivity (Wildman–Crippen MR) is 75.4 cm³/mol. The quantitative estimate of drug-likeness (QED) is 0.806. The normalized spacial score (nSPS) is 11.4. The van der Waals surface area contributed by atoms with Gasteiger partial charge in [-0.3, -0.25) is 0 Å². The molecular weight excluding hydrogens is 226 g/mol. The van der Waals surface area contributed by atoms with E-state index in [1.807, 2.05) is 12.1 Å². The Balaban J connectivity index is 2.68. The lowest BCUT2D eigenvalue weighted by atomic mass is 9.98. The molecule has 18 heavy (non-hydrogen) atoms. The highest BCUT2D eigenvalue weighted by Gasteiger charge is 2.15. The van der Waals surface area contributed by atoms with E-state index in [1.54, 1.807) is 14.2 Å². The number of nitrogens with one attached hydrogen (secondary N) is 1. The van der Waals surface area contributed by atoms with Gasteiger partial charge in [0.25, 0.3) is 0 Å². The minimum Gasteiger partial charge on any atom is -0.493 e. The first-order valence-electron chi connectivity index (χ1n) is 6.48. The molecule has 3 heteroatoms. The smallest absolute Gasteiger partial charge is 0.161 e. The van der Waals surface area contributed by atoms with Gasteiger partial charge in [0, 0.05) is 12.1 Å². The second-order valence-corrected chi connectivity index (χ2v) is 5.18. The Morgan fingerprint density at radius 2 is 1.78 bits per heavy atom. The van der Waals surface area contributed by atoms with Crippen molar-refractivity contribution in [1.82, 2.24) is 5.32 Å². The first-order chi connectivity index (χ1) is 8.52. The summed E-state index contributed by atoms with van der Waals surface area (Å²) in [6.07, 6.45) is 2.35. The van der Waals surface area contributed by atoms with Gasteiger partial charge in [0.2, 0.25) is 0 Å². The molecule has 0 heterocycles. The molecule has 0 aliphatic heterocycles. The summed E-state index contributed by atoms with van der Waals surface area (Å²) < 4.78 is 10.5. The van der Waals surface area contributed by atoms with E-state index >= 15 is 0 Å². The lowest BCUT2D eigenvalue weighted by Crippen LogP contribution is -2.38. The van der Waals surface area contributed by atoms with E-state index in [2.05, 4.69) is 32.2 Å². The number of rotatable bonds is 7. The average molecular weight is 251 g/mol. The van der Waals surface area contributed by atoms with Crippen LogP contribution in [-0.2, 0) is 6.54 Å². The van der Waals surface area contributed by atoms with Crippen LogP contribution in [0.5, 0.6) is 11.5 Å². The zero-order valence-electron chi connectivity index (χ0n) is 12.2. The molecule has 0 aliphatic carbocycles. The minimum absolute atomic E-state index is 0.169. The van der Waals surface area contributed by atoms with Gasteiger partial charge in [-0.05, 0) is 38.0 Å². The van der Waals surface area contributed by atoms with Crippen LogP contribution in [0.4, 0.5) is 0 Å². The number of hydrogen-bond donors (Lipinski definition) is 1. The molecule has 0 amide bonds. The Kier molecular flexibility index (Phi) is 5.48. The zero-order chi connectivity index (χ0) is 13.6. The molecule has 1 aromatic carbocycles. The molecule has 0 saturated carbocycles. The third kappa shape index (κ3) is 4.22. The standard InChI is InChI=1S/C15H25NO2/c1-6-9-15(2,3)16-11-12-7-8-13(17-4)14(10-12)18-5/h7-8,10,16H,6,9,11H2,1-5H3. The van der Waals surface area contributed by atoms with Gasteiger partial charge in [0.05, 0.1) is 14.2 Å². The fraction of sp³-hybridized carbons (Fsp3) is 0.600. The highest BCUT2D eigenvalue weighted by atomic mass is 16.5. The Morgan fingerprint density at radius 3 is 2.33 bits per heavy atom. The first kappa shape index (κ1) is 14.8. The molecule has 0 aromatic heterocycles. The molecule has 0 bridgehead atoms. The Labute approximate surface area is 110 Å². The van der Waals surface area contributed by atoms with Gasteiger partial charge in [-0.15, -0.1) is 0 Å². The van der Waals surface area contributed by atoms with Crippen molar-refractivity contribution >= 4 is 0 Å². The van der Waals surface area contributed by atoms with Crippen molar-refractivity contribution in [2.75, 3.05) is 14.2 Å². The number of benzene rings is 1. The molecule has 0 fully saturated rings. The molecular formula is C15H25NO2. The second kappa shape index (κ2) is 6.64. The lowest BCUT2D eigenvalue weighted by Gasteiger charge is -2.26. The summed E-state index contributed by atoms with van der Waals surface area (Å²) in [5.74, 6) is 1.55. The van der Waals surface area contributed by atoms with Crippen LogP contribution in [0.2, 0.25) is 0 Å². The van der Waals surface area contributed by atoms with Crippen molar-refractivity contribution in [3.63, 3.8) is 0 Å². The molecule has 0 aliphatic rings. The number of ether oxygens (including phenoxy) is 2. The zero-order valence-corrected chi connectivity index (χ0v) is 12.2. The monoisotopic (exact) mass is 251 g/mol. The Bertz CT molecular complexity index is 375. The van der Waals surface area contributed by atoms with Gasteiger partial charge in [-0.2, -0.15) is 0 Å². The molecule has 1 aromatic rings. The summed E-state index contributed by atoms with van der Waals surface area (Å²) in [7, 11) is 3.32. The van der Waals surface area contributed by atoms with Gasteiger partial charge in [-0.1, -0.05) is 19.4 Å². The summed E-state index contributed by atoms with van der Waals surface area (Å²) in [5.41, 5.74) is 1.37. The van der Waals surface area contributed by atoms with Crippen LogP contribution in [0.1, 0.15) is 39.2 Å². The van der Waals surface area contributed by atoms with Crippen molar-refractivity contribution in [1.29, 1.82) is 0 Å². The van der Waals surface area contributed by atoms with Crippen LogP contribution in [0, 0.1) is 0 Å². The molecule has 0 spiro atoms. The highest BCUT2D eigenvalue weighted by Crippen LogP contribution is 2.27. The largest absolute Gasteiger partial charge is 0.493 e. The Morgan fingerprint density at radius 1 is 1.11 bits per heavy atom. The third-order valence-corrected chi connectivity index (χ3v) is 3.09. The molecule has 0 unspecified atom stereocenters. The SMILES string of the molecule is CCCC(C)(C)NCc1ccc(OC)c(OC)c1. The predicted octanol–water partition coefficient (Wildman–Crippen LogP) is 3.37. The molecule has 0 saturated heterocycles. The average Bonchev–Trinajstić information content (AvgIpc) is 2.36.